The zero-order valence-corrected chi connectivity index (χ0v) is 13.4. The van der Waals surface area contributed by atoms with Gasteiger partial charge in [-0.15, -0.1) is 10.2 Å². The Kier molecular flexibility index (Phi) is 4.87. The first-order valence-electron chi connectivity index (χ1n) is 8.38. The normalized spacial score (nSPS) is 20.2. The summed E-state index contributed by atoms with van der Waals surface area (Å²) >= 11 is 0. The van der Waals surface area contributed by atoms with Crippen LogP contribution in [0, 0.1) is 0 Å². The fourth-order valence-electron chi connectivity index (χ4n) is 3.16. The van der Waals surface area contributed by atoms with E-state index in [0.717, 1.165) is 51.6 Å². The molecular formula is C16H25N5O. The van der Waals surface area contributed by atoms with Gasteiger partial charge in [-0.3, -0.25) is 4.79 Å². The molecular weight excluding hydrogens is 278 g/mol. The van der Waals surface area contributed by atoms with Crippen LogP contribution in [0.2, 0.25) is 0 Å². The third kappa shape index (κ3) is 3.38. The highest BCUT2D eigenvalue weighted by atomic mass is 16.2. The van der Waals surface area contributed by atoms with Gasteiger partial charge in [-0.25, -0.2) is 0 Å². The van der Waals surface area contributed by atoms with E-state index in [1.54, 1.807) is 0 Å². The van der Waals surface area contributed by atoms with Gasteiger partial charge in [-0.05, 0) is 37.9 Å². The summed E-state index contributed by atoms with van der Waals surface area (Å²) in [5, 5.41) is 8.44. The minimum absolute atomic E-state index is 0.00782. The van der Waals surface area contributed by atoms with Gasteiger partial charge in [0.15, 0.2) is 11.5 Å². The molecule has 3 rings (SSSR count). The highest BCUT2D eigenvalue weighted by molar-refractivity contribution is 5.92. The van der Waals surface area contributed by atoms with Crippen LogP contribution in [0.4, 0.5) is 5.82 Å². The van der Waals surface area contributed by atoms with Crippen LogP contribution >= 0.6 is 0 Å². The maximum absolute atomic E-state index is 12.5. The Morgan fingerprint density at radius 3 is 2.32 bits per heavy atom. The standard InChI is InChI=1S/C16H25N5O/c1-2-19-10-12-21(13-11-19)16(22)14-6-7-15(18-17-14)20-8-4-3-5-9-20/h6-7H,2-5,8-13H2,1H3. The van der Waals surface area contributed by atoms with Crippen molar-refractivity contribution in [2.24, 2.45) is 0 Å². The number of carbonyl (C=O) groups is 1. The molecule has 0 radical (unpaired) electrons. The van der Waals surface area contributed by atoms with Gasteiger partial charge in [0.2, 0.25) is 0 Å². The number of amides is 1. The topological polar surface area (TPSA) is 52.6 Å². The van der Waals surface area contributed by atoms with Crippen molar-refractivity contribution in [3.05, 3.63) is 17.8 Å². The Bertz CT molecular complexity index is 490. The molecule has 0 spiro atoms. The van der Waals surface area contributed by atoms with Crippen LogP contribution in [-0.2, 0) is 0 Å². The van der Waals surface area contributed by atoms with Crippen LogP contribution in [0.3, 0.4) is 0 Å². The lowest BCUT2D eigenvalue weighted by Gasteiger charge is -2.33. The number of aromatic nitrogens is 2. The van der Waals surface area contributed by atoms with E-state index in [0.29, 0.717) is 5.69 Å². The molecule has 0 unspecified atom stereocenters. The number of rotatable bonds is 3. The smallest absolute Gasteiger partial charge is 0.274 e. The fourth-order valence-corrected chi connectivity index (χ4v) is 3.16. The van der Waals surface area contributed by atoms with Gasteiger partial charge in [0.1, 0.15) is 0 Å². The lowest BCUT2D eigenvalue weighted by molar-refractivity contribution is 0.0636. The summed E-state index contributed by atoms with van der Waals surface area (Å²) in [6.07, 6.45) is 3.72. The molecule has 0 saturated carbocycles. The van der Waals surface area contributed by atoms with Crippen molar-refractivity contribution >= 4 is 11.7 Å². The van der Waals surface area contributed by atoms with Crippen molar-refractivity contribution in [2.45, 2.75) is 26.2 Å². The summed E-state index contributed by atoms with van der Waals surface area (Å²) in [5.41, 5.74) is 0.464. The van der Waals surface area contributed by atoms with Crippen LogP contribution < -0.4 is 4.90 Å². The molecule has 0 aromatic carbocycles. The Morgan fingerprint density at radius 1 is 1.00 bits per heavy atom. The van der Waals surface area contributed by atoms with E-state index in [9.17, 15) is 4.79 Å². The molecule has 3 heterocycles. The van der Waals surface area contributed by atoms with Gasteiger partial charge >= 0.3 is 0 Å². The van der Waals surface area contributed by atoms with Gasteiger partial charge in [0, 0.05) is 39.3 Å². The molecule has 2 aliphatic rings. The quantitative estimate of drug-likeness (QED) is 0.841. The van der Waals surface area contributed by atoms with Crippen molar-refractivity contribution in [1.82, 2.24) is 20.0 Å². The predicted octanol–water partition coefficient (Wildman–Crippen LogP) is 1.24. The molecule has 0 aliphatic carbocycles. The highest BCUT2D eigenvalue weighted by Crippen LogP contribution is 2.17. The second kappa shape index (κ2) is 7.05. The summed E-state index contributed by atoms with van der Waals surface area (Å²) < 4.78 is 0. The van der Waals surface area contributed by atoms with E-state index in [1.165, 1.54) is 19.3 Å². The van der Waals surface area contributed by atoms with Gasteiger partial charge in [-0.1, -0.05) is 6.92 Å². The molecule has 0 atom stereocenters. The molecule has 2 fully saturated rings. The maximum atomic E-state index is 12.5. The number of piperidine rings is 1. The van der Waals surface area contributed by atoms with Crippen LogP contribution in [0.15, 0.2) is 12.1 Å². The van der Waals surface area contributed by atoms with Crippen LogP contribution in [0.25, 0.3) is 0 Å². The average molecular weight is 303 g/mol. The minimum atomic E-state index is 0.00782. The molecule has 0 bridgehead atoms. The van der Waals surface area contributed by atoms with Crippen molar-refractivity contribution in [1.29, 1.82) is 0 Å². The first kappa shape index (κ1) is 15.2. The molecule has 1 aromatic rings. The Morgan fingerprint density at radius 2 is 1.73 bits per heavy atom. The Balaban J connectivity index is 1.61. The summed E-state index contributed by atoms with van der Waals surface area (Å²) in [6.45, 7) is 8.74. The second-order valence-corrected chi connectivity index (χ2v) is 6.05. The first-order valence-corrected chi connectivity index (χ1v) is 8.38. The first-order chi connectivity index (χ1) is 10.8. The Labute approximate surface area is 132 Å². The molecule has 2 saturated heterocycles. The maximum Gasteiger partial charge on any atom is 0.274 e. The zero-order chi connectivity index (χ0) is 15.4. The molecule has 0 N–H and O–H groups in total. The largest absolute Gasteiger partial charge is 0.355 e. The highest BCUT2D eigenvalue weighted by Gasteiger charge is 2.23. The van der Waals surface area contributed by atoms with Crippen molar-refractivity contribution in [3.8, 4) is 0 Å². The van der Waals surface area contributed by atoms with Gasteiger partial charge in [0.25, 0.3) is 5.91 Å². The van der Waals surface area contributed by atoms with Crippen LogP contribution in [0.1, 0.15) is 36.7 Å². The molecule has 6 heteroatoms. The van der Waals surface area contributed by atoms with Gasteiger partial charge in [0.05, 0.1) is 0 Å². The molecule has 1 amide bonds. The summed E-state index contributed by atoms with van der Waals surface area (Å²) in [4.78, 5) is 19.0. The van der Waals surface area contributed by atoms with Gasteiger partial charge in [-0.2, -0.15) is 0 Å². The third-order valence-corrected chi connectivity index (χ3v) is 4.66. The van der Waals surface area contributed by atoms with E-state index in [2.05, 4.69) is 26.9 Å². The predicted molar refractivity (Wildman–Crippen MR) is 86.1 cm³/mol. The fraction of sp³-hybridized carbons (Fsp3) is 0.688. The second-order valence-electron chi connectivity index (χ2n) is 6.05. The average Bonchev–Trinajstić information content (AvgIpc) is 2.62. The number of carbonyl (C=O) groups excluding carboxylic acids is 1. The zero-order valence-electron chi connectivity index (χ0n) is 13.4. The summed E-state index contributed by atoms with van der Waals surface area (Å²) in [5.74, 6) is 0.903. The monoisotopic (exact) mass is 303 g/mol. The number of hydrogen-bond donors (Lipinski definition) is 0. The number of hydrogen-bond acceptors (Lipinski definition) is 5. The molecule has 120 valence electrons. The molecule has 6 nitrogen and oxygen atoms in total. The van der Waals surface area contributed by atoms with Crippen molar-refractivity contribution in [3.63, 3.8) is 0 Å². The molecule has 1 aromatic heterocycles. The van der Waals surface area contributed by atoms with Crippen molar-refractivity contribution in [2.75, 3.05) is 50.7 Å². The van der Waals surface area contributed by atoms with E-state index in [4.69, 9.17) is 0 Å². The lowest BCUT2D eigenvalue weighted by atomic mass is 10.1. The van der Waals surface area contributed by atoms with Gasteiger partial charge < -0.3 is 14.7 Å². The lowest BCUT2D eigenvalue weighted by Crippen LogP contribution is -2.48. The van der Waals surface area contributed by atoms with Crippen molar-refractivity contribution < 1.29 is 4.79 Å². The number of piperazine rings is 1. The number of nitrogens with zero attached hydrogens (tertiary/aromatic N) is 5. The summed E-state index contributed by atoms with van der Waals surface area (Å²) in [7, 11) is 0. The van der Waals surface area contributed by atoms with E-state index >= 15 is 0 Å². The molecule has 2 aliphatic heterocycles. The SMILES string of the molecule is CCN1CCN(C(=O)c2ccc(N3CCCCC3)nn2)CC1. The van der Waals surface area contributed by atoms with E-state index in [1.807, 2.05) is 17.0 Å². The van der Waals surface area contributed by atoms with Crippen LogP contribution in [0.5, 0.6) is 0 Å². The minimum Gasteiger partial charge on any atom is -0.355 e. The number of anilines is 1. The van der Waals surface area contributed by atoms with E-state index in [-0.39, 0.29) is 5.91 Å². The molecule has 22 heavy (non-hydrogen) atoms. The summed E-state index contributed by atoms with van der Waals surface area (Å²) in [6, 6.07) is 3.76. The van der Waals surface area contributed by atoms with Crippen LogP contribution in [-0.4, -0.2) is 71.7 Å². The van der Waals surface area contributed by atoms with E-state index < -0.39 is 0 Å². The third-order valence-electron chi connectivity index (χ3n) is 4.66. The Hall–Kier alpha value is -1.69. The number of likely N-dealkylation sites (N-methyl/N-ethyl adjacent to an activating group) is 1.